The Balaban J connectivity index is 0. The van der Waals surface area contributed by atoms with Crippen LogP contribution in [0.4, 0.5) is 0 Å². The molecule has 0 atom stereocenters. The van der Waals surface area contributed by atoms with Crippen LogP contribution >= 0.6 is 0 Å². The third kappa shape index (κ3) is 2.87. The fourth-order valence-corrected chi connectivity index (χ4v) is 0.710. The molecule has 0 aliphatic heterocycles. The number of hydrogen-bond donors (Lipinski definition) is 0. The molecule has 0 aromatic heterocycles. The second kappa shape index (κ2) is 5.29. The number of rotatable bonds is 2. The molecule has 0 spiro atoms. The van der Waals surface area contributed by atoms with Crippen molar-refractivity contribution >= 4 is 6.29 Å². The summed E-state index contributed by atoms with van der Waals surface area (Å²) in [5.41, 5.74) is 1.08. The van der Waals surface area contributed by atoms with Gasteiger partial charge in [-0.15, -0.1) is 0 Å². The zero-order valence-corrected chi connectivity index (χ0v) is 6.08. The molecule has 0 fully saturated rings. The first kappa shape index (κ1) is 9.49. The van der Waals surface area contributed by atoms with Crippen molar-refractivity contribution in [1.82, 2.24) is 0 Å². The minimum absolute atomic E-state index is 0. The van der Waals surface area contributed by atoms with Gasteiger partial charge in [0.1, 0.15) is 6.29 Å². The van der Waals surface area contributed by atoms with Gasteiger partial charge in [0.25, 0.3) is 0 Å². The minimum Gasteiger partial charge on any atom is -1.00 e. The molecule has 0 aliphatic carbocycles. The summed E-state index contributed by atoms with van der Waals surface area (Å²) in [4.78, 5) is 9.97. The van der Waals surface area contributed by atoms with Crippen LogP contribution in [0.3, 0.4) is 0 Å². The molecule has 1 nitrogen and oxygen atoms in total. The van der Waals surface area contributed by atoms with Gasteiger partial charge < -0.3 is 6.22 Å². The van der Waals surface area contributed by atoms with Crippen molar-refractivity contribution in [1.29, 1.82) is 0 Å². The van der Waals surface area contributed by atoms with Gasteiger partial charge in [0, 0.05) is 6.42 Å². The monoisotopic (exact) mass is 128 g/mol. The van der Waals surface area contributed by atoms with Crippen LogP contribution in [0.2, 0.25) is 0 Å². The van der Waals surface area contributed by atoms with E-state index in [9.17, 15) is 4.79 Å². The molecule has 0 radical (unpaired) electrons. The molecule has 0 N–H and O–H groups in total. The largest absolute Gasteiger partial charge is 1.00 e. The van der Waals surface area contributed by atoms with Gasteiger partial charge in [-0.1, -0.05) is 30.3 Å². The molecule has 0 amide bonds. The van der Waals surface area contributed by atoms with Crippen molar-refractivity contribution in [2.24, 2.45) is 0 Å². The zero-order chi connectivity index (χ0) is 6.53. The normalized spacial score (nSPS) is 8.00. The maximum Gasteiger partial charge on any atom is 1.00 e. The summed E-state index contributed by atoms with van der Waals surface area (Å²) in [6.45, 7) is 0. The van der Waals surface area contributed by atoms with Crippen molar-refractivity contribution in [3.05, 3.63) is 35.9 Å². The van der Waals surface area contributed by atoms with Crippen LogP contribution in [-0.4, -0.2) is 6.29 Å². The van der Waals surface area contributed by atoms with Crippen LogP contribution in [0.5, 0.6) is 0 Å². The van der Waals surface area contributed by atoms with E-state index < -0.39 is 0 Å². The topological polar surface area (TPSA) is 17.1 Å². The quantitative estimate of drug-likeness (QED) is 0.351. The third-order valence-electron chi connectivity index (χ3n) is 1.16. The zero-order valence-electron chi connectivity index (χ0n) is 7.08. The number of hydrogen-bond acceptors (Lipinski definition) is 1. The molecule has 0 saturated carbocycles. The molecule has 0 unspecified atom stereocenters. The molecular weight excluding hydrogens is 119 g/mol. The van der Waals surface area contributed by atoms with Crippen LogP contribution in [0.15, 0.2) is 30.3 Å². The van der Waals surface area contributed by atoms with Crippen LogP contribution in [-0.2, 0) is 11.2 Å². The molecule has 2 heteroatoms. The van der Waals surface area contributed by atoms with Gasteiger partial charge in [0.2, 0.25) is 0 Å². The number of benzene rings is 1. The Morgan fingerprint density at radius 1 is 1.30 bits per heavy atom. The number of aldehydes is 1. The number of carbonyl (C=O) groups is 1. The molecule has 0 bridgehead atoms. The summed E-state index contributed by atoms with van der Waals surface area (Å²) in [7, 11) is 0. The van der Waals surface area contributed by atoms with Crippen LogP contribution < -0.4 is 18.9 Å². The van der Waals surface area contributed by atoms with Gasteiger partial charge in [-0.3, -0.25) is 0 Å². The molecule has 1 rings (SSSR count). The van der Waals surface area contributed by atoms with Crippen molar-refractivity contribution in [3.8, 4) is 0 Å². The Hall–Kier alpha value is -0.513. The second-order valence-electron chi connectivity index (χ2n) is 1.86. The third-order valence-corrected chi connectivity index (χ3v) is 1.16. The van der Waals surface area contributed by atoms with Crippen molar-refractivity contribution in [3.63, 3.8) is 0 Å². The van der Waals surface area contributed by atoms with Crippen LogP contribution in [0.1, 0.15) is 6.99 Å². The average molecular weight is 128 g/mol. The molecule has 48 valence electrons. The molecule has 0 aliphatic rings. The molecule has 1 aromatic rings. The van der Waals surface area contributed by atoms with E-state index in [0.29, 0.717) is 6.42 Å². The van der Waals surface area contributed by atoms with E-state index in [-0.39, 0.29) is 20.3 Å². The first-order valence-electron chi connectivity index (χ1n) is 2.91. The van der Waals surface area contributed by atoms with Gasteiger partial charge in [-0.05, 0) is 5.56 Å². The Morgan fingerprint density at radius 3 is 2.40 bits per heavy atom. The summed E-state index contributed by atoms with van der Waals surface area (Å²) in [5, 5.41) is 0. The standard InChI is InChI=1S/C8H8O.Li.H/c9-7-6-8-4-2-1-3-5-8;;/h1-5,7H,6H2;;/q;+1;-1. The van der Waals surface area contributed by atoms with Crippen LogP contribution in [0, 0.1) is 0 Å². The first-order valence-corrected chi connectivity index (χ1v) is 2.91. The van der Waals surface area contributed by atoms with E-state index in [1.807, 2.05) is 30.3 Å². The SMILES string of the molecule is O=CCc1ccccc1.[H-].[Li+]. The Bertz CT molecular complexity index is 189. The Kier molecular flexibility index (Phi) is 5.02. The summed E-state index contributed by atoms with van der Waals surface area (Å²) in [5.74, 6) is 0. The van der Waals surface area contributed by atoms with E-state index in [0.717, 1.165) is 11.8 Å². The fourth-order valence-electron chi connectivity index (χ4n) is 0.710. The molecule has 0 heterocycles. The van der Waals surface area contributed by atoms with Gasteiger partial charge in [0.05, 0.1) is 0 Å². The van der Waals surface area contributed by atoms with Gasteiger partial charge in [0.15, 0.2) is 0 Å². The van der Waals surface area contributed by atoms with E-state index in [1.165, 1.54) is 0 Å². The second-order valence-corrected chi connectivity index (χ2v) is 1.86. The molecular formula is C8H9LiO. The summed E-state index contributed by atoms with van der Waals surface area (Å²) >= 11 is 0. The minimum atomic E-state index is 0. The summed E-state index contributed by atoms with van der Waals surface area (Å²) in [6.07, 6.45) is 1.44. The van der Waals surface area contributed by atoms with Crippen molar-refractivity contribution < 1.29 is 25.1 Å². The number of carbonyl (C=O) groups excluding carboxylic acids is 1. The van der Waals surface area contributed by atoms with Gasteiger partial charge in [-0.2, -0.15) is 0 Å². The summed E-state index contributed by atoms with van der Waals surface area (Å²) in [6, 6.07) is 9.68. The van der Waals surface area contributed by atoms with Crippen LogP contribution in [0.25, 0.3) is 0 Å². The fraction of sp³-hybridized carbons (Fsp3) is 0.125. The van der Waals surface area contributed by atoms with Crippen molar-refractivity contribution in [2.75, 3.05) is 0 Å². The van der Waals surface area contributed by atoms with Crippen molar-refractivity contribution in [2.45, 2.75) is 6.42 Å². The predicted octanol–water partition coefficient (Wildman–Crippen LogP) is -1.46. The molecule has 0 saturated heterocycles. The van der Waals surface area contributed by atoms with E-state index >= 15 is 0 Å². The van der Waals surface area contributed by atoms with E-state index in [1.54, 1.807) is 0 Å². The molecule has 1 aromatic carbocycles. The summed E-state index contributed by atoms with van der Waals surface area (Å²) < 4.78 is 0. The van der Waals surface area contributed by atoms with E-state index in [2.05, 4.69) is 0 Å². The maximum atomic E-state index is 9.97. The smallest absolute Gasteiger partial charge is 1.00 e. The van der Waals surface area contributed by atoms with E-state index in [4.69, 9.17) is 0 Å². The average Bonchev–Trinajstić information content (AvgIpc) is 1.91. The maximum absolute atomic E-state index is 9.97. The Morgan fingerprint density at radius 2 is 1.90 bits per heavy atom. The Labute approximate surface area is 74.1 Å². The first-order chi connectivity index (χ1) is 4.43. The predicted molar refractivity (Wildman–Crippen MR) is 37.3 cm³/mol. The van der Waals surface area contributed by atoms with Gasteiger partial charge in [-0.25, -0.2) is 0 Å². The molecule has 10 heavy (non-hydrogen) atoms. The van der Waals surface area contributed by atoms with Gasteiger partial charge >= 0.3 is 18.9 Å².